The molecule has 1 N–H and O–H groups in total. The largest absolute Gasteiger partial charge is 0.489 e. The zero-order valence-electron chi connectivity index (χ0n) is 16.6. The van der Waals surface area contributed by atoms with E-state index >= 15 is 0 Å². The van der Waals surface area contributed by atoms with E-state index in [-0.39, 0.29) is 18.1 Å². The summed E-state index contributed by atoms with van der Waals surface area (Å²) in [5.74, 6) is 0.531. The number of carbonyl (C=O) groups excluding carboxylic acids is 1. The van der Waals surface area contributed by atoms with Crippen molar-refractivity contribution in [3.8, 4) is 5.75 Å². The van der Waals surface area contributed by atoms with E-state index in [1.165, 1.54) is 18.2 Å². The summed E-state index contributed by atoms with van der Waals surface area (Å²) in [4.78, 5) is 21.7. The fourth-order valence-corrected chi connectivity index (χ4v) is 4.49. The Labute approximate surface area is 179 Å². The van der Waals surface area contributed by atoms with Gasteiger partial charge in [-0.2, -0.15) is 0 Å². The predicted molar refractivity (Wildman–Crippen MR) is 112 cm³/mol. The standard InChI is InChI=1S/C21H23ClFN5O2/c1-26-6-4-15(5-7-26)30-19-8-14(23)2-3-16(19)21(29)27-11-17-18(12-27)25-28-10-13(22)9-24-20(17)28/h2-3,8-10,15,18,25H,4-7,11-12H2,1H3. The lowest BCUT2D eigenvalue weighted by molar-refractivity contribution is 0.0767. The highest BCUT2D eigenvalue weighted by Gasteiger charge is 2.40. The Morgan fingerprint density at radius 3 is 2.93 bits per heavy atom. The first kappa shape index (κ1) is 19.5. The molecule has 4 aliphatic rings. The molecular formula is C21H23ClFN5O2. The first-order valence-corrected chi connectivity index (χ1v) is 10.5. The van der Waals surface area contributed by atoms with Crippen LogP contribution in [0, 0.1) is 5.82 Å². The zero-order chi connectivity index (χ0) is 20.8. The van der Waals surface area contributed by atoms with Gasteiger partial charge in [-0.25, -0.2) is 14.8 Å². The average molecular weight is 432 g/mol. The van der Waals surface area contributed by atoms with Crippen LogP contribution in [0.2, 0.25) is 0 Å². The van der Waals surface area contributed by atoms with E-state index in [2.05, 4.69) is 22.4 Å². The van der Waals surface area contributed by atoms with E-state index in [4.69, 9.17) is 16.3 Å². The molecule has 1 atom stereocenters. The van der Waals surface area contributed by atoms with Crippen molar-refractivity contribution in [3.63, 3.8) is 0 Å². The molecule has 158 valence electrons. The van der Waals surface area contributed by atoms with Crippen LogP contribution in [0.1, 0.15) is 23.2 Å². The number of fused-ring (bicyclic) bond motifs is 2. The number of aliphatic imine (C=N–C) groups is 1. The summed E-state index contributed by atoms with van der Waals surface area (Å²) in [6, 6.07) is 4.14. The van der Waals surface area contributed by atoms with Gasteiger partial charge in [-0.15, -0.1) is 0 Å². The normalized spacial score (nSPS) is 24.2. The van der Waals surface area contributed by atoms with Crippen molar-refractivity contribution in [2.45, 2.75) is 25.0 Å². The number of likely N-dealkylation sites (tertiary alicyclic amines) is 2. The summed E-state index contributed by atoms with van der Waals surface area (Å²) in [6.45, 7) is 2.81. The maximum atomic E-state index is 13.9. The summed E-state index contributed by atoms with van der Waals surface area (Å²) in [5.41, 5.74) is 4.75. The summed E-state index contributed by atoms with van der Waals surface area (Å²) >= 11 is 6.01. The van der Waals surface area contributed by atoms with E-state index in [0.717, 1.165) is 37.3 Å². The topological polar surface area (TPSA) is 60.4 Å². The van der Waals surface area contributed by atoms with Crippen LogP contribution in [0.3, 0.4) is 0 Å². The number of hydrogen-bond acceptors (Lipinski definition) is 6. The fraction of sp³-hybridized carbons (Fsp3) is 0.429. The van der Waals surface area contributed by atoms with Crippen molar-refractivity contribution in [1.82, 2.24) is 20.2 Å². The van der Waals surface area contributed by atoms with Gasteiger partial charge in [-0.3, -0.25) is 9.80 Å². The summed E-state index contributed by atoms with van der Waals surface area (Å²) in [5, 5.41) is 2.35. The van der Waals surface area contributed by atoms with Crippen LogP contribution < -0.4 is 10.2 Å². The zero-order valence-corrected chi connectivity index (χ0v) is 17.4. The number of nitrogens with zero attached hydrogens (tertiary/aromatic N) is 4. The number of ether oxygens (including phenoxy) is 1. The molecule has 4 heterocycles. The molecule has 1 aromatic rings. The maximum absolute atomic E-state index is 13.9. The van der Waals surface area contributed by atoms with E-state index in [9.17, 15) is 9.18 Å². The van der Waals surface area contributed by atoms with Gasteiger partial charge in [0.05, 0.1) is 16.6 Å². The molecule has 0 saturated carbocycles. The lowest BCUT2D eigenvalue weighted by Crippen LogP contribution is -2.40. The number of amides is 1. The molecular weight excluding hydrogens is 409 g/mol. The maximum Gasteiger partial charge on any atom is 0.257 e. The van der Waals surface area contributed by atoms with Crippen LogP contribution >= 0.6 is 11.6 Å². The number of piperidine rings is 1. The Bertz CT molecular complexity index is 970. The Hall–Kier alpha value is -2.42. The Kier molecular flexibility index (Phi) is 5.00. The van der Waals surface area contributed by atoms with Gasteiger partial charge in [0, 0.05) is 50.2 Å². The van der Waals surface area contributed by atoms with Crippen molar-refractivity contribution < 1.29 is 13.9 Å². The second-order valence-electron chi connectivity index (χ2n) is 8.12. The van der Waals surface area contributed by atoms with Crippen molar-refractivity contribution in [2.24, 2.45) is 4.99 Å². The minimum atomic E-state index is -0.407. The van der Waals surface area contributed by atoms with Crippen LogP contribution in [0.5, 0.6) is 5.75 Å². The van der Waals surface area contributed by atoms with Gasteiger partial charge in [-0.05, 0) is 32.0 Å². The molecule has 1 aromatic carbocycles. The Balaban J connectivity index is 1.35. The summed E-state index contributed by atoms with van der Waals surface area (Å²) in [6.07, 6.45) is 5.07. The molecule has 9 heteroatoms. The van der Waals surface area contributed by atoms with E-state index < -0.39 is 5.82 Å². The molecule has 0 bridgehead atoms. The van der Waals surface area contributed by atoms with E-state index in [1.54, 1.807) is 22.3 Å². The molecule has 30 heavy (non-hydrogen) atoms. The molecule has 0 aliphatic carbocycles. The first-order chi connectivity index (χ1) is 14.5. The number of carbonyl (C=O) groups is 1. The lowest BCUT2D eigenvalue weighted by atomic mass is 10.1. The molecule has 5 rings (SSSR count). The SMILES string of the molecule is CN1CCC(Oc2cc(F)ccc2C(=O)N2CC3=C4N=CC(Cl)=CN4NC3C2)CC1. The third-order valence-electron chi connectivity index (χ3n) is 5.98. The number of halogens is 2. The Morgan fingerprint density at radius 2 is 2.13 bits per heavy atom. The molecule has 0 aromatic heterocycles. The van der Waals surface area contributed by atoms with E-state index in [0.29, 0.717) is 29.4 Å². The molecule has 4 aliphatic heterocycles. The van der Waals surface area contributed by atoms with Crippen LogP contribution in [-0.2, 0) is 0 Å². The lowest BCUT2D eigenvalue weighted by Gasteiger charge is -2.30. The van der Waals surface area contributed by atoms with Crippen molar-refractivity contribution in [2.75, 3.05) is 33.2 Å². The number of nitrogens with one attached hydrogen (secondary N) is 1. The number of allylic oxidation sites excluding steroid dienone is 1. The smallest absolute Gasteiger partial charge is 0.257 e. The fourth-order valence-electron chi connectivity index (χ4n) is 4.34. The van der Waals surface area contributed by atoms with Gasteiger partial charge in [0.2, 0.25) is 0 Å². The van der Waals surface area contributed by atoms with Crippen LogP contribution in [0.15, 0.2) is 45.8 Å². The average Bonchev–Trinajstić information content (AvgIpc) is 3.27. The quantitative estimate of drug-likeness (QED) is 0.796. The van der Waals surface area contributed by atoms with Crippen molar-refractivity contribution in [3.05, 3.63) is 52.2 Å². The molecule has 1 amide bonds. The third kappa shape index (κ3) is 3.59. The molecule has 2 saturated heterocycles. The highest BCUT2D eigenvalue weighted by atomic mass is 35.5. The monoisotopic (exact) mass is 431 g/mol. The van der Waals surface area contributed by atoms with Gasteiger partial charge in [-0.1, -0.05) is 11.6 Å². The van der Waals surface area contributed by atoms with Crippen molar-refractivity contribution >= 4 is 23.7 Å². The first-order valence-electron chi connectivity index (χ1n) is 10.1. The molecule has 2 fully saturated rings. The van der Waals surface area contributed by atoms with Gasteiger partial charge in [0.25, 0.3) is 5.91 Å². The predicted octanol–water partition coefficient (Wildman–Crippen LogP) is 2.32. The van der Waals surface area contributed by atoms with E-state index in [1.807, 2.05) is 0 Å². The number of benzene rings is 1. The highest BCUT2D eigenvalue weighted by molar-refractivity contribution is 6.39. The Morgan fingerprint density at radius 1 is 1.33 bits per heavy atom. The molecule has 0 spiro atoms. The molecule has 0 radical (unpaired) electrons. The second-order valence-corrected chi connectivity index (χ2v) is 8.56. The number of rotatable bonds is 3. The van der Waals surface area contributed by atoms with Gasteiger partial charge in [0.1, 0.15) is 23.5 Å². The minimum absolute atomic E-state index is 0.0132. The summed E-state index contributed by atoms with van der Waals surface area (Å²) in [7, 11) is 2.07. The van der Waals surface area contributed by atoms with Crippen molar-refractivity contribution in [1.29, 1.82) is 0 Å². The summed E-state index contributed by atoms with van der Waals surface area (Å²) < 4.78 is 20.0. The second kappa shape index (κ2) is 7.68. The van der Waals surface area contributed by atoms with Gasteiger partial charge < -0.3 is 14.5 Å². The minimum Gasteiger partial charge on any atom is -0.489 e. The van der Waals surface area contributed by atoms with Crippen LogP contribution in [0.25, 0.3) is 0 Å². The van der Waals surface area contributed by atoms with Crippen LogP contribution in [0.4, 0.5) is 4.39 Å². The number of hydrazine groups is 1. The van der Waals surface area contributed by atoms with Crippen LogP contribution in [-0.4, -0.2) is 72.3 Å². The molecule has 7 nitrogen and oxygen atoms in total. The third-order valence-corrected chi connectivity index (χ3v) is 6.17. The number of hydrogen-bond donors (Lipinski definition) is 1. The molecule has 1 unspecified atom stereocenters. The van der Waals surface area contributed by atoms with Gasteiger partial charge in [0.15, 0.2) is 0 Å². The van der Waals surface area contributed by atoms with Gasteiger partial charge >= 0.3 is 0 Å². The highest BCUT2D eigenvalue weighted by Crippen LogP contribution is 2.33.